The molecule has 1 amide bonds. The summed E-state index contributed by atoms with van der Waals surface area (Å²) in [7, 11) is 4.59. The first kappa shape index (κ1) is 22.0. The zero-order valence-electron chi connectivity index (χ0n) is 16.8. The van der Waals surface area contributed by atoms with Crippen LogP contribution in [0.2, 0.25) is 0 Å². The van der Waals surface area contributed by atoms with E-state index < -0.39 is 0 Å². The minimum absolute atomic E-state index is 0.131. The molecule has 158 valence electrons. The van der Waals surface area contributed by atoms with Crippen LogP contribution in [-0.4, -0.2) is 43.2 Å². The number of methoxy groups -OCH3 is 3. The Morgan fingerprint density at radius 1 is 1.10 bits per heavy atom. The van der Waals surface area contributed by atoms with Crippen LogP contribution in [-0.2, 0) is 4.79 Å². The Morgan fingerprint density at radius 3 is 2.40 bits per heavy atom. The molecule has 3 aromatic rings. The molecule has 30 heavy (non-hydrogen) atoms. The molecule has 8 nitrogen and oxygen atoms in total. The lowest BCUT2D eigenvalue weighted by atomic mass is 10.2. The second-order valence-corrected chi connectivity index (χ2v) is 7.93. The van der Waals surface area contributed by atoms with E-state index in [-0.39, 0.29) is 22.8 Å². The Balaban J connectivity index is 1.68. The van der Waals surface area contributed by atoms with Gasteiger partial charge in [-0.3, -0.25) is 4.79 Å². The number of carbonyl (C=O) groups is 1. The highest BCUT2D eigenvalue weighted by Gasteiger charge is 2.18. The number of halogens is 1. The molecule has 3 rings (SSSR count). The van der Waals surface area contributed by atoms with E-state index in [1.54, 1.807) is 12.1 Å². The smallest absolute Gasteiger partial charge is 0.277 e. The predicted octanol–water partition coefficient (Wildman–Crippen LogP) is 4.56. The summed E-state index contributed by atoms with van der Waals surface area (Å²) in [5, 5.41) is 11.2. The van der Waals surface area contributed by atoms with Gasteiger partial charge in [0, 0.05) is 15.7 Å². The quantitative estimate of drug-likeness (QED) is 0.456. The van der Waals surface area contributed by atoms with Crippen LogP contribution in [0, 0.1) is 6.92 Å². The van der Waals surface area contributed by atoms with Crippen LogP contribution in [0.4, 0.5) is 5.69 Å². The van der Waals surface area contributed by atoms with Crippen LogP contribution in [0.1, 0.15) is 5.56 Å². The average Bonchev–Trinajstić information content (AvgIpc) is 3.22. The molecule has 0 atom stereocenters. The summed E-state index contributed by atoms with van der Waals surface area (Å²) in [5.41, 5.74) is 2.33. The topological polar surface area (TPSA) is 95.7 Å². The number of amides is 1. The van der Waals surface area contributed by atoms with Gasteiger partial charge in [-0.25, -0.2) is 0 Å². The lowest BCUT2D eigenvalue weighted by Gasteiger charge is -2.12. The number of thioether (sulfide) groups is 1. The maximum atomic E-state index is 12.3. The van der Waals surface area contributed by atoms with E-state index in [4.69, 9.17) is 18.6 Å². The average molecular weight is 494 g/mol. The second kappa shape index (κ2) is 9.86. The molecule has 1 N–H and O–H groups in total. The number of ether oxygens (including phenoxy) is 3. The Labute approximate surface area is 186 Å². The fourth-order valence-electron chi connectivity index (χ4n) is 2.67. The maximum absolute atomic E-state index is 12.3. The number of benzene rings is 2. The Kier molecular flexibility index (Phi) is 7.22. The van der Waals surface area contributed by atoms with Gasteiger partial charge in [0.1, 0.15) is 0 Å². The van der Waals surface area contributed by atoms with E-state index in [1.807, 2.05) is 25.1 Å². The normalized spacial score (nSPS) is 10.6. The molecule has 0 aliphatic heterocycles. The first-order valence-electron chi connectivity index (χ1n) is 8.77. The number of rotatable bonds is 8. The van der Waals surface area contributed by atoms with Gasteiger partial charge in [-0.15, -0.1) is 10.2 Å². The minimum Gasteiger partial charge on any atom is -0.493 e. The van der Waals surface area contributed by atoms with Crippen LogP contribution in [0.3, 0.4) is 0 Å². The molecule has 2 aromatic carbocycles. The SMILES string of the molecule is COc1cc(-c2nnc(SCC(=O)Nc3ccc(Br)cc3C)o2)cc(OC)c1OC. The summed E-state index contributed by atoms with van der Waals surface area (Å²) in [4.78, 5) is 12.3. The third kappa shape index (κ3) is 5.06. The maximum Gasteiger partial charge on any atom is 0.277 e. The highest BCUT2D eigenvalue weighted by Crippen LogP contribution is 2.41. The van der Waals surface area contributed by atoms with Crippen molar-refractivity contribution in [2.75, 3.05) is 32.4 Å². The van der Waals surface area contributed by atoms with Crippen molar-refractivity contribution in [1.82, 2.24) is 10.2 Å². The summed E-state index contributed by atoms with van der Waals surface area (Å²) in [6.07, 6.45) is 0. The van der Waals surface area contributed by atoms with E-state index in [0.717, 1.165) is 27.5 Å². The predicted molar refractivity (Wildman–Crippen MR) is 118 cm³/mol. The number of hydrogen-bond donors (Lipinski definition) is 1. The number of carbonyl (C=O) groups excluding carboxylic acids is 1. The zero-order chi connectivity index (χ0) is 21.7. The highest BCUT2D eigenvalue weighted by molar-refractivity contribution is 9.10. The molecule has 0 aliphatic rings. The van der Waals surface area contributed by atoms with Crippen molar-refractivity contribution in [2.45, 2.75) is 12.1 Å². The van der Waals surface area contributed by atoms with Gasteiger partial charge in [0.05, 0.1) is 27.1 Å². The molecule has 0 radical (unpaired) electrons. The summed E-state index contributed by atoms with van der Waals surface area (Å²) < 4.78 is 22.6. The molecule has 0 unspecified atom stereocenters. The number of hydrogen-bond acceptors (Lipinski definition) is 8. The Morgan fingerprint density at radius 2 is 1.80 bits per heavy atom. The Bertz CT molecular complexity index is 1030. The molecule has 0 aliphatic carbocycles. The lowest BCUT2D eigenvalue weighted by molar-refractivity contribution is -0.113. The van der Waals surface area contributed by atoms with Gasteiger partial charge < -0.3 is 23.9 Å². The molecule has 0 fully saturated rings. The molecular weight excluding hydrogens is 474 g/mol. The van der Waals surface area contributed by atoms with E-state index in [9.17, 15) is 4.79 Å². The molecule has 10 heteroatoms. The van der Waals surface area contributed by atoms with Crippen LogP contribution in [0.15, 0.2) is 44.4 Å². The van der Waals surface area contributed by atoms with Gasteiger partial charge in [-0.05, 0) is 42.8 Å². The van der Waals surface area contributed by atoms with Gasteiger partial charge >= 0.3 is 0 Å². The van der Waals surface area contributed by atoms with Gasteiger partial charge in [0.25, 0.3) is 5.22 Å². The summed E-state index contributed by atoms with van der Waals surface area (Å²) >= 11 is 4.56. The molecule has 0 saturated carbocycles. The lowest BCUT2D eigenvalue weighted by Crippen LogP contribution is -2.14. The molecule has 1 aromatic heterocycles. The van der Waals surface area contributed by atoms with Gasteiger partial charge in [-0.2, -0.15) is 0 Å². The molecule has 1 heterocycles. The third-order valence-electron chi connectivity index (χ3n) is 4.11. The van der Waals surface area contributed by atoms with Crippen LogP contribution in [0.25, 0.3) is 11.5 Å². The standard InChI is InChI=1S/C20H20BrN3O5S/c1-11-7-13(21)5-6-14(11)22-17(25)10-30-20-24-23-19(29-20)12-8-15(26-2)18(28-4)16(9-12)27-3/h5-9H,10H2,1-4H3,(H,22,25). The summed E-state index contributed by atoms with van der Waals surface area (Å²) in [5.74, 6) is 1.66. The monoisotopic (exact) mass is 493 g/mol. The van der Waals surface area contributed by atoms with Gasteiger partial charge in [0.2, 0.25) is 17.5 Å². The number of aromatic nitrogens is 2. The number of nitrogens with zero attached hydrogens (tertiary/aromatic N) is 2. The van der Waals surface area contributed by atoms with Crippen molar-refractivity contribution < 1.29 is 23.4 Å². The summed E-state index contributed by atoms with van der Waals surface area (Å²) in [6.45, 7) is 1.93. The first-order valence-corrected chi connectivity index (χ1v) is 10.6. The van der Waals surface area contributed by atoms with E-state index in [1.165, 1.54) is 21.3 Å². The fourth-order valence-corrected chi connectivity index (χ4v) is 3.71. The molecule has 0 saturated heterocycles. The molecule has 0 bridgehead atoms. The number of anilines is 1. The Hall–Kier alpha value is -2.72. The van der Waals surface area contributed by atoms with Crippen LogP contribution in [0.5, 0.6) is 17.2 Å². The van der Waals surface area contributed by atoms with Crippen molar-refractivity contribution in [3.05, 3.63) is 40.4 Å². The fraction of sp³-hybridized carbons (Fsp3) is 0.250. The van der Waals surface area contributed by atoms with Crippen molar-refractivity contribution in [3.63, 3.8) is 0 Å². The van der Waals surface area contributed by atoms with Crippen LogP contribution >= 0.6 is 27.7 Å². The minimum atomic E-state index is -0.169. The molecular formula is C20H20BrN3O5S. The third-order valence-corrected chi connectivity index (χ3v) is 5.42. The van der Waals surface area contributed by atoms with Gasteiger partial charge in [0.15, 0.2) is 11.5 Å². The van der Waals surface area contributed by atoms with E-state index >= 15 is 0 Å². The summed E-state index contributed by atoms with van der Waals surface area (Å²) in [6, 6.07) is 9.08. The van der Waals surface area contributed by atoms with Crippen LogP contribution < -0.4 is 19.5 Å². The second-order valence-electron chi connectivity index (χ2n) is 6.08. The first-order chi connectivity index (χ1) is 14.4. The zero-order valence-corrected chi connectivity index (χ0v) is 19.2. The van der Waals surface area contributed by atoms with Gasteiger partial charge in [-0.1, -0.05) is 27.7 Å². The van der Waals surface area contributed by atoms with Crippen molar-refractivity contribution in [3.8, 4) is 28.7 Å². The largest absolute Gasteiger partial charge is 0.493 e. The van der Waals surface area contributed by atoms with Crippen molar-refractivity contribution >= 4 is 39.3 Å². The number of aryl methyl sites for hydroxylation is 1. The number of nitrogens with one attached hydrogen (secondary N) is 1. The van der Waals surface area contributed by atoms with E-state index in [0.29, 0.717) is 22.8 Å². The van der Waals surface area contributed by atoms with Crippen molar-refractivity contribution in [2.24, 2.45) is 0 Å². The van der Waals surface area contributed by atoms with E-state index in [2.05, 4.69) is 31.4 Å². The highest BCUT2D eigenvalue weighted by atomic mass is 79.9. The van der Waals surface area contributed by atoms with Crippen molar-refractivity contribution in [1.29, 1.82) is 0 Å². The molecule has 0 spiro atoms.